The standard InChI is InChI=1S/C14H30N2S/c1-5-16(6-2)9-7-8-15-13-10-14(3,4)12-17-11-13/h13,15H,5-12H2,1-4H3. The van der Waals surface area contributed by atoms with E-state index < -0.39 is 0 Å². The lowest BCUT2D eigenvalue weighted by molar-refractivity contribution is 0.285. The molecule has 1 unspecified atom stereocenters. The fourth-order valence-corrected chi connectivity index (χ4v) is 3.85. The largest absolute Gasteiger partial charge is 0.313 e. The van der Waals surface area contributed by atoms with Crippen molar-refractivity contribution in [2.24, 2.45) is 5.41 Å². The van der Waals surface area contributed by atoms with Gasteiger partial charge in [0.15, 0.2) is 0 Å². The third-order valence-corrected chi connectivity index (χ3v) is 5.21. The summed E-state index contributed by atoms with van der Waals surface area (Å²) in [5, 5.41) is 3.73. The molecule has 0 aromatic rings. The second kappa shape index (κ2) is 7.65. The van der Waals surface area contributed by atoms with Crippen LogP contribution in [-0.4, -0.2) is 48.6 Å². The van der Waals surface area contributed by atoms with Crippen molar-refractivity contribution in [3.05, 3.63) is 0 Å². The van der Waals surface area contributed by atoms with E-state index in [1.54, 1.807) is 0 Å². The van der Waals surface area contributed by atoms with E-state index >= 15 is 0 Å². The maximum Gasteiger partial charge on any atom is 0.0163 e. The normalized spacial score (nSPS) is 24.2. The lowest BCUT2D eigenvalue weighted by atomic mass is 9.88. The molecule has 1 atom stereocenters. The van der Waals surface area contributed by atoms with Gasteiger partial charge in [-0.1, -0.05) is 27.7 Å². The quantitative estimate of drug-likeness (QED) is 0.707. The molecule has 0 radical (unpaired) electrons. The summed E-state index contributed by atoms with van der Waals surface area (Å²) in [4.78, 5) is 2.50. The second-order valence-electron chi connectivity index (χ2n) is 5.91. The first kappa shape index (κ1) is 15.3. The minimum Gasteiger partial charge on any atom is -0.313 e. The first-order valence-corrected chi connectivity index (χ1v) is 8.26. The Balaban J connectivity index is 2.10. The van der Waals surface area contributed by atoms with Crippen LogP contribution in [0.3, 0.4) is 0 Å². The first-order chi connectivity index (χ1) is 8.07. The highest BCUT2D eigenvalue weighted by Gasteiger charge is 2.27. The van der Waals surface area contributed by atoms with Crippen molar-refractivity contribution in [2.75, 3.05) is 37.7 Å². The number of nitrogens with one attached hydrogen (secondary N) is 1. The summed E-state index contributed by atoms with van der Waals surface area (Å²) >= 11 is 2.11. The van der Waals surface area contributed by atoms with Crippen LogP contribution in [-0.2, 0) is 0 Å². The van der Waals surface area contributed by atoms with Gasteiger partial charge in [-0.05, 0) is 50.2 Å². The minimum atomic E-state index is 0.527. The molecule has 17 heavy (non-hydrogen) atoms. The van der Waals surface area contributed by atoms with Crippen molar-refractivity contribution in [1.82, 2.24) is 10.2 Å². The van der Waals surface area contributed by atoms with E-state index in [1.165, 1.54) is 50.5 Å². The Morgan fingerprint density at radius 2 is 2.00 bits per heavy atom. The lowest BCUT2D eigenvalue weighted by Crippen LogP contribution is -2.41. The van der Waals surface area contributed by atoms with Gasteiger partial charge in [-0.3, -0.25) is 0 Å². The van der Waals surface area contributed by atoms with Gasteiger partial charge in [-0.25, -0.2) is 0 Å². The molecule has 102 valence electrons. The molecule has 0 saturated carbocycles. The van der Waals surface area contributed by atoms with Crippen molar-refractivity contribution in [2.45, 2.75) is 46.6 Å². The summed E-state index contributed by atoms with van der Waals surface area (Å²) in [7, 11) is 0. The molecule has 0 aromatic carbocycles. The third-order valence-electron chi connectivity index (χ3n) is 3.59. The van der Waals surface area contributed by atoms with Crippen molar-refractivity contribution in [3.63, 3.8) is 0 Å². The van der Waals surface area contributed by atoms with E-state index in [-0.39, 0.29) is 0 Å². The van der Waals surface area contributed by atoms with Crippen LogP contribution >= 0.6 is 11.8 Å². The van der Waals surface area contributed by atoms with Crippen LogP contribution in [0.5, 0.6) is 0 Å². The zero-order valence-electron chi connectivity index (χ0n) is 12.1. The average Bonchev–Trinajstić information content (AvgIpc) is 2.28. The minimum absolute atomic E-state index is 0.527. The SMILES string of the molecule is CCN(CC)CCCNC1CSCC(C)(C)C1. The summed E-state index contributed by atoms with van der Waals surface area (Å²) in [6, 6.07) is 0.737. The molecule has 3 heteroatoms. The zero-order chi connectivity index (χ0) is 12.7. The molecule has 2 nitrogen and oxygen atoms in total. The smallest absolute Gasteiger partial charge is 0.0163 e. The second-order valence-corrected chi connectivity index (χ2v) is 6.95. The highest BCUT2D eigenvalue weighted by Crippen LogP contribution is 2.33. The molecule has 0 aromatic heterocycles. The molecule has 1 N–H and O–H groups in total. The van der Waals surface area contributed by atoms with Crippen LogP contribution in [0, 0.1) is 5.41 Å². The Morgan fingerprint density at radius 1 is 1.29 bits per heavy atom. The maximum atomic E-state index is 3.73. The molecule has 0 aliphatic carbocycles. The Labute approximate surface area is 112 Å². The molecule has 0 bridgehead atoms. The molecule has 0 spiro atoms. The molecular formula is C14H30N2S. The summed E-state index contributed by atoms with van der Waals surface area (Å²) in [6.07, 6.45) is 2.62. The number of thioether (sulfide) groups is 1. The predicted molar refractivity (Wildman–Crippen MR) is 79.9 cm³/mol. The third kappa shape index (κ3) is 6.12. The predicted octanol–water partition coefficient (Wildman–Crippen LogP) is 2.84. The number of nitrogens with zero attached hydrogens (tertiary/aromatic N) is 1. The fourth-order valence-electron chi connectivity index (χ4n) is 2.54. The molecule has 1 rings (SSSR count). The first-order valence-electron chi connectivity index (χ1n) is 7.11. The fraction of sp³-hybridized carbons (Fsp3) is 1.00. The molecule has 0 amide bonds. The molecule has 1 fully saturated rings. The van der Waals surface area contributed by atoms with E-state index in [0.29, 0.717) is 5.41 Å². The Morgan fingerprint density at radius 3 is 2.59 bits per heavy atom. The van der Waals surface area contributed by atoms with Crippen LogP contribution in [0.4, 0.5) is 0 Å². The summed E-state index contributed by atoms with van der Waals surface area (Å²) in [5.74, 6) is 2.62. The van der Waals surface area contributed by atoms with Gasteiger partial charge in [0.25, 0.3) is 0 Å². The number of rotatable bonds is 7. The Hall–Kier alpha value is 0.270. The van der Waals surface area contributed by atoms with Gasteiger partial charge in [-0.15, -0.1) is 0 Å². The van der Waals surface area contributed by atoms with Gasteiger partial charge in [0, 0.05) is 11.8 Å². The van der Waals surface area contributed by atoms with E-state index in [0.717, 1.165) is 6.04 Å². The van der Waals surface area contributed by atoms with Crippen molar-refractivity contribution in [1.29, 1.82) is 0 Å². The molecule has 1 saturated heterocycles. The van der Waals surface area contributed by atoms with Gasteiger partial charge in [0.1, 0.15) is 0 Å². The maximum absolute atomic E-state index is 3.73. The van der Waals surface area contributed by atoms with Gasteiger partial charge >= 0.3 is 0 Å². The highest BCUT2D eigenvalue weighted by molar-refractivity contribution is 7.99. The Kier molecular flexibility index (Phi) is 6.90. The van der Waals surface area contributed by atoms with Crippen LogP contribution in [0.15, 0.2) is 0 Å². The number of hydrogen-bond donors (Lipinski definition) is 1. The van der Waals surface area contributed by atoms with Crippen molar-refractivity contribution < 1.29 is 0 Å². The van der Waals surface area contributed by atoms with Gasteiger partial charge in [-0.2, -0.15) is 11.8 Å². The van der Waals surface area contributed by atoms with E-state index in [1.807, 2.05) is 0 Å². The van der Waals surface area contributed by atoms with Gasteiger partial charge in [0.05, 0.1) is 0 Å². The van der Waals surface area contributed by atoms with Crippen molar-refractivity contribution >= 4 is 11.8 Å². The summed E-state index contributed by atoms with van der Waals surface area (Å²) < 4.78 is 0. The topological polar surface area (TPSA) is 15.3 Å². The van der Waals surface area contributed by atoms with E-state index in [2.05, 4.69) is 49.7 Å². The number of hydrogen-bond acceptors (Lipinski definition) is 3. The Bertz CT molecular complexity index is 202. The molecule has 1 aliphatic rings. The van der Waals surface area contributed by atoms with Gasteiger partial charge in [0.2, 0.25) is 0 Å². The monoisotopic (exact) mass is 258 g/mol. The van der Waals surface area contributed by atoms with Crippen LogP contribution in [0.25, 0.3) is 0 Å². The van der Waals surface area contributed by atoms with Crippen LogP contribution in [0.1, 0.15) is 40.5 Å². The highest BCUT2D eigenvalue weighted by atomic mass is 32.2. The zero-order valence-corrected chi connectivity index (χ0v) is 12.9. The lowest BCUT2D eigenvalue weighted by Gasteiger charge is -2.35. The molecule has 1 heterocycles. The summed E-state index contributed by atoms with van der Waals surface area (Å²) in [5.41, 5.74) is 0.527. The molecule has 1 aliphatic heterocycles. The average molecular weight is 258 g/mol. The van der Waals surface area contributed by atoms with Gasteiger partial charge < -0.3 is 10.2 Å². The van der Waals surface area contributed by atoms with E-state index in [4.69, 9.17) is 0 Å². The van der Waals surface area contributed by atoms with E-state index in [9.17, 15) is 0 Å². The molecular weight excluding hydrogens is 228 g/mol. The van der Waals surface area contributed by atoms with Crippen LogP contribution in [0.2, 0.25) is 0 Å². The summed E-state index contributed by atoms with van der Waals surface area (Å²) in [6.45, 7) is 14.1. The van der Waals surface area contributed by atoms with Crippen LogP contribution < -0.4 is 5.32 Å². The van der Waals surface area contributed by atoms with Crippen molar-refractivity contribution in [3.8, 4) is 0 Å².